The van der Waals surface area contributed by atoms with Gasteiger partial charge in [-0.2, -0.15) is 0 Å². The summed E-state index contributed by atoms with van der Waals surface area (Å²) in [6.45, 7) is 0.833. The van der Waals surface area contributed by atoms with Gasteiger partial charge in [-0.05, 0) is 55.5 Å². The van der Waals surface area contributed by atoms with Crippen molar-refractivity contribution >= 4 is 17.7 Å². The molecule has 1 saturated heterocycles. The molecule has 34 heavy (non-hydrogen) atoms. The summed E-state index contributed by atoms with van der Waals surface area (Å²) in [4.78, 5) is 40.9. The van der Waals surface area contributed by atoms with Gasteiger partial charge in [0.15, 0.2) is 0 Å². The monoisotopic (exact) mass is 471 g/mol. The minimum Gasteiger partial charge on any atom is -0.467 e. The van der Waals surface area contributed by atoms with E-state index in [1.54, 1.807) is 12.1 Å². The number of nitrogens with one attached hydrogen (secondary N) is 2. The van der Waals surface area contributed by atoms with E-state index in [0.717, 1.165) is 38.5 Å². The molecule has 9 heteroatoms. The minimum absolute atomic E-state index is 0.0560. The maximum Gasteiger partial charge on any atom is 0.313 e. The van der Waals surface area contributed by atoms with Crippen molar-refractivity contribution in [2.24, 2.45) is 0 Å². The summed E-state index contributed by atoms with van der Waals surface area (Å²) >= 11 is 0. The van der Waals surface area contributed by atoms with Gasteiger partial charge in [-0.15, -0.1) is 0 Å². The number of ether oxygens (including phenoxy) is 1. The molecular formula is C25H30FN3O5. The van der Waals surface area contributed by atoms with E-state index >= 15 is 0 Å². The van der Waals surface area contributed by atoms with Crippen molar-refractivity contribution in [2.75, 3.05) is 13.2 Å². The Bertz CT molecular complexity index is 967. The average molecular weight is 472 g/mol. The summed E-state index contributed by atoms with van der Waals surface area (Å²) in [5.41, 5.74) is 0.389. The summed E-state index contributed by atoms with van der Waals surface area (Å²) in [5, 5.41) is 5.65. The van der Waals surface area contributed by atoms with Crippen molar-refractivity contribution in [2.45, 2.75) is 63.3 Å². The Labute approximate surface area is 197 Å². The second kappa shape index (κ2) is 11.3. The van der Waals surface area contributed by atoms with Crippen LogP contribution < -0.4 is 10.6 Å². The molecule has 2 fully saturated rings. The number of nitrogens with zero attached hydrogens (tertiary/aromatic N) is 1. The summed E-state index contributed by atoms with van der Waals surface area (Å²) < 4.78 is 24.6. The van der Waals surface area contributed by atoms with Crippen LogP contribution in [0.2, 0.25) is 0 Å². The van der Waals surface area contributed by atoms with Crippen LogP contribution in [0.4, 0.5) is 4.39 Å². The van der Waals surface area contributed by atoms with E-state index in [1.807, 2.05) is 0 Å². The van der Waals surface area contributed by atoms with E-state index in [-0.39, 0.29) is 25.2 Å². The van der Waals surface area contributed by atoms with Crippen LogP contribution in [0.3, 0.4) is 0 Å². The molecule has 0 spiro atoms. The number of benzene rings is 1. The zero-order valence-corrected chi connectivity index (χ0v) is 19.0. The van der Waals surface area contributed by atoms with Gasteiger partial charge < -0.3 is 24.7 Å². The lowest BCUT2D eigenvalue weighted by Crippen LogP contribution is -2.50. The van der Waals surface area contributed by atoms with Crippen molar-refractivity contribution in [1.82, 2.24) is 15.5 Å². The highest BCUT2D eigenvalue weighted by molar-refractivity contribution is 6.35. The molecule has 2 heterocycles. The molecule has 2 aromatic rings. The minimum atomic E-state index is -1.16. The molecule has 182 valence electrons. The molecule has 0 bridgehead atoms. The fraction of sp³-hybridized carbons (Fsp3) is 0.480. The Morgan fingerprint density at radius 1 is 1.06 bits per heavy atom. The van der Waals surface area contributed by atoms with Crippen molar-refractivity contribution < 1.29 is 27.9 Å². The van der Waals surface area contributed by atoms with Crippen LogP contribution in [0.1, 0.15) is 55.9 Å². The zero-order valence-electron chi connectivity index (χ0n) is 19.0. The summed E-state index contributed by atoms with van der Waals surface area (Å²) in [5.74, 6) is -2.13. The van der Waals surface area contributed by atoms with Gasteiger partial charge in [0, 0.05) is 19.2 Å². The highest BCUT2D eigenvalue weighted by Gasteiger charge is 2.36. The summed E-state index contributed by atoms with van der Waals surface area (Å²) in [7, 11) is 0. The zero-order chi connectivity index (χ0) is 23.9. The molecule has 8 nitrogen and oxygen atoms in total. The Morgan fingerprint density at radius 2 is 1.82 bits per heavy atom. The van der Waals surface area contributed by atoms with Gasteiger partial charge in [-0.3, -0.25) is 14.4 Å². The van der Waals surface area contributed by atoms with E-state index in [4.69, 9.17) is 9.15 Å². The third-order valence-corrected chi connectivity index (χ3v) is 6.33. The SMILES string of the molecule is O=C(NC1CCCC1)C(=O)N(Cc1ccco1)C(C(=O)NCC1CCCO1)c1ccc(F)cc1. The normalized spacial score (nSPS) is 19.0. The topological polar surface area (TPSA) is 101 Å². The quantitative estimate of drug-likeness (QED) is 0.577. The summed E-state index contributed by atoms with van der Waals surface area (Å²) in [6, 6.07) is 7.47. The van der Waals surface area contributed by atoms with Crippen molar-refractivity contribution in [1.29, 1.82) is 0 Å². The first-order chi connectivity index (χ1) is 16.5. The first-order valence-corrected chi connectivity index (χ1v) is 11.8. The number of furan rings is 1. The third-order valence-electron chi connectivity index (χ3n) is 6.33. The molecule has 4 rings (SSSR count). The molecule has 1 saturated carbocycles. The van der Waals surface area contributed by atoms with E-state index in [2.05, 4.69) is 10.6 Å². The number of amides is 3. The van der Waals surface area contributed by atoms with Crippen LogP contribution in [0.15, 0.2) is 47.1 Å². The van der Waals surface area contributed by atoms with Crippen molar-refractivity contribution in [3.05, 3.63) is 59.8 Å². The third kappa shape index (κ3) is 6.02. The lowest BCUT2D eigenvalue weighted by molar-refractivity contribution is -0.151. The number of hydrogen-bond donors (Lipinski definition) is 2. The molecule has 3 amide bonds. The number of halogens is 1. The van der Waals surface area contributed by atoms with Crippen molar-refractivity contribution in [3.63, 3.8) is 0 Å². The molecule has 1 aliphatic carbocycles. The van der Waals surface area contributed by atoms with Crippen molar-refractivity contribution in [3.8, 4) is 0 Å². The predicted octanol–water partition coefficient (Wildman–Crippen LogP) is 2.84. The fourth-order valence-electron chi connectivity index (χ4n) is 4.53. The molecule has 0 radical (unpaired) electrons. The van der Waals surface area contributed by atoms with Gasteiger partial charge in [0.2, 0.25) is 5.91 Å². The van der Waals surface area contributed by atoms with Gasteiger partial charge >= 0.3 is 11.8 Å². The molecule has 1 aliphatic heterocycles. The van der Waals surface area contributed by atoms with E-state index in [0.29, 0.717) is 17.9 Å². The highest BCUT2D eigenvalue weighted by Crippen LogP contribution is 2.25. The molecule has 1 aromatic heterocycles. The van der Waals surface area contributed by atoms with Gasteiger partial charge in [0.25, 0.3) is 0 Å². The van der Waals surface area contributed by atoms with Crippen LogP contribution in [-0.4, -0.2) is 47.9 Å². The number of hydrogen-bond acceptors (Lipinski definition) is 5. The first kappa shape index (κ1) is 23.9. The van der Waals surface area contributed by atoms with Crippen LogP contribution in [0.25, 0.3) is 0 Å². The van der Waals surface area contributed by atoms with E-state index in [9.17, 15) is 18.8 Å². The number of carbonyl (C=O) groups excluding carboxylic acids is 3. The smallest absolute Gasteiger partial charge is 0.313 e. The van der Waals surface area contributed by atoms with E-state index < -0.39 is 29.6 Å². The second-order valence-electron chi connectivity index (χ2n) is 8.80. The largest absolute Gasteiger partial charge is 0.467 e. The Kier molecular flexibility index (Phi) is 7.95. The van der Waals surface area contributed by atoms with Gasteiger partial charge in [0.05, 0.1) is 18.9 Å². The summed E-state index contributed by atoms with van der Waals surface area (Å²) in [6.07, 6.45) is 6.75. The van der Waals surface area contributed by atoms with Gasteiger partial charge in [0.1, 0.15) is 17.6 Å². The second-order valence-corrected chi connectivity index (χ2v) is 8.80. The Balaban J connectivity index is 1.61. The average Bonchev–Trinajstić information content (AvgIpc) is 3.62. The van der Waals surface area contributed by atoms with E-state index in [1.165, 1.54) is 35.4 Å². The van der Waals surface area contributed by atoms with Crippen LogP contribution in [0, 0.1) is 5.82 Å². The molecule has 2 unspecified atom stereocenters. The van der Waals surface area contributed by atoms with Crippen LogP contribution in [0.5, 0.6) is 0 Å². The lowest BCUT2D eigenvalue weighted by atomic mass is 10.0. The highest BCUT2D eigenvalue weighted by atomic mass is 19.1. The number of rotatable bonds is 8. The predicted molar refractivity (Wildman–Crippen MR) is 121 cm³/mol. The standard InChI is InChI=1S/C25H30FN3O5/c26-18-11-9-17(10-12-18)22(23(30)27-15-20-7-3-13-33-20)29(16-21-8-4-14-34-21)25(32)24(31)28-19-5-1-2-6-19/h4,8-12,14,19-20,22H,1-3,5-7,13,15-16H2,(H,27,30)(H,28,31). The van der Waals surface area contributed by atoms with Gasteiger partial charge in [-0.1, -0.05) is 25.0 Å². The maximum absolute atomic E-state index is 13.6. The van der Waals surface area contributed by atoms with Gasteiger partial charge in [-0.25, -0.2) is 4.39 Å². The van der Waals surface area contributed by atoms with Crippen LogP contribution in [-0.2, 0) is 25.7 Å². The molecule has 2 N–H and O–H groups in total. The van der Waals surface area contributed by atoms with Crippen LogP contribution >= 0.6 is 0 Å². The molecule has 2 atom stereocenters. The number of carbonyl (C=O) groups is 3. The molecule has 1 aromatic carbocycles. The maximum atomic E-state index is 13.6. The molecular weight excluding hydrogens is 441 g/mol. The fourth-order valence-corrected chi connectivity index (χ4v) is 4.53. The lowest BCUT2D eigenvalue weighted by Gasteiger charge is -2.31. The molecule has 2 aliphatic rings. The Morgan fingerprint density at radius 3 is 2.47 bits per heavy atom. The first-order valence-electron chi connectivity index (χ1n) is 11.8. The Hall–Kier alpha value is -3.20.